The SMILES string of the molecule is Cc1cnc(-n2cnnc2)c(-c2ccccc2S(=O)(=O)NC(C)(C)C)c1. The van der Waals surface area contributed by atoms with Gasteiger partial charge in [-0.2, -0.15) is 0 Å². The molecule has 1 N–H and O–H groups in total. The van der Waals surface area contributed by atoms with E-state index in [4.69, 9.17) is 0 Å². The summed E-state index contributed by atoms with van der Waals surface area (Å²) in [6.07, 6.45) is 4.79. The molecule has 8 heteroatoms. The Balaban J connectivity index is 2.23. The van der Waals surface area contributed by atoms with Crippen LogP contribution in [0.3, 0.4) is 0 Å². The minimum atomic E-state index is -3.71. The van der Waals surface area contributed by atoms with Crippen molar-refractivity contribution in [1.29, 1.82) is 0 Å². The Kier molecular flexibility index (Phi) is 4.64. The highest BCUT2D eigenvalue weighted by molar-refractivity contribution is 7.89. The van der Waals surface area contributed by atoms with Gasteiger partial charge < -0.3 is 0 Å². The Morgan fingerprint density at radius 2 is 1.69 bits per heavy atom. The first-order valence-corrected chi connectivity index (χ1v) is 9.61. The van der Waals surface area contributed by atoms with E-state index in [1.54, 1.807) is 29.0 Å². The van der Waals surface area contributed by atoms with Crippen LogP contribution in [-0.2, 0) is 10.0 Å². The molecule has 0 aliphatic rings. The lowest BCUT2D eigenvalue weighted by Gasteiger charge is -2.22. The molecule has 3 aromatic rings. The van der Waals surface area contributed by atoms with Crippen LogP contribution in [0.1, 0.15) is 26.3 Å². The van der Waals surface area contributed by atoms with E-state index in [-0.39, 0.29) is 4.90 Å². The van der Waals surface area contributed by atoms with Crippen molar-refractivity contribution in [2.45, 2.75) is 38.1 Å². The molecule has 0 bridgehead atoms. The van der Waals surface area contributed by atoms with Gasteiger partial charge in [0.2, 0.25) is 10.0 Å². The van der Waals surface area contributed by atoms with E-state index in [1.165, 1.54) is 12.7 Å². The molecule has 136 valence electrons. The van der Waals surface area contributed by atoms with Gasteiger partial charge in [0.05, 0.1) is 4.90 Å². The first-order chi connectivity index (χ1) is 12.2. The standard InChI is InChI=1S/C18H21N5O2S/c1-13-9-15(17(19-10-13)23-11-20-21-12-23)14-7-5-6-8-16(14)26(24,25)22-18(2,3)4/h5-12,22H,1-4H3. The summed E-state index contributed by atoms with van der Waals surface area (Å²) < 4.78 is 30.3. The second kappa shape index (κ2) is 6.62. The van der Waals surface area contributed by atoms with Crippen molar-refractivity contribution >= 4 is 10.0 Å². The van der Waals surface area contributed by atoms with Crippen LogP contribution in [0.25, 0.3) is 16.9 Å². The molecular formula is C18H21N5O2S. The van der Waals surface area contributed by atoms with Crippen LogP contribution >= 0.6 is 0 Å². The average molecular weight is 371 g/mol. The molecule has 0 aliphatic carbocycles. The maximum atomic E-state index is 13.0. The summed E-state index contributed by atoms with van der Waals surface area (Å²) in [7, 11) is -3.71. The molecule has 0 aliphatic heterocycles. The first kappa shape index (κ1) is 18.2. The molecular weight excluding hydrogens is 350 g/mol. The fourth-order valence-corrected chi connectivity index (χ4v) is 4.30. The zero-order chi connectivity index (χ0) is 18.9. The molecule has 0 spiro atoms. The lowest BCUT2D eigenvalue weighted by molar-refractivity contribution is 0.491. The number of hydrogen-bond donors (Lipinski definition) is 1. The third kappa shape index (κ3) is 3.81. The predicted octanol–water partition coefficient (Wildman–Crippen LogP) is 2.71. The fraction of sp³-hybridized carbons (Fsp3) is 0.278. The minimum Gasteiger partial charge on any atom is -0.271 e. The van der Waals surface area contributed by atoms with Gasteiger partial charge in [-0.25, -0.2) is 18.1 Å². The molecule has 0 saturated carbocycles. The molecule has 0 atom stereocenters. The van der Waals surface area contributed by atoms with E-state index >= 15 is 0 Å². The summed E-state index contributed by atoms with van der Waals surface area (Å²) in [6.45, 7) is 7.34. The number of pyridine rings is 1. The zero-order valence-electron chi connectivity index (χ0n) is 15.1. The van der Waals surface area contributed by atoms with Crippen LogP contribution < -0.4 is 4.72 Å². The molecule has 0 amide bonds. The molecule has 26 heavy (non-hydrogen) atoms. The molecule has 2 heterocycles. The van der Waals surface area contributed by atoms with E-state index in [9.17, 15) is 8.42 Å². The van der Waals surface area contributed by atoms with Gasteiger partial charge in [-0.15, -0.1) is 10.2 Å². The van der Waals surface area contributed by atoms with Crippen molar-refractivity contribution in [3.63, 3.8) is 0 Å². The zero-order valence-corrected chi connectivity index (χ0v) is 15.9. The minimum absolute atomic E-state index is 0.205. The van der Waals surface area contributed by atoms with E-state index in [2.05, 4.69) is 19.9 Å². The molecule has 3 rings (SSSR count). The van der Waals surface area contributed by atoms with E-state index < -0.39 is 15.6 Å². The van der Waals surface area contributed by atoms with Crippen LogP contribution in [0.5, 0.6) is 0 Å². The molecule has 2 aromatic heterocycles. The molecule has 0 unspecified atom stereocenters. The highest BCUT2D eigenvalue weighted by atomic mass is 32.2. The van der Waals surface area contributed by atoms with Gasteiger partial charge in [0.15, 0.2) is 0 Å². The normalized spacial score (nSPS) is 12.3. The van der Waals surface area contributed by atoms with Crippen LogP contribution in [0.4, 0.5) is 0 Å². The number of aryl methyl sites for hydroxylation is 1. The van der Waals surface area contributed by atoms with Crippen LogP contribution in [0.2, 0.25) is 0 Å². The third-order valence-corrected chi connectivity index (χ3v) is 5.39. The largest absolute Gasteiger partial charge is 0.271 e. The first-order valence-electron chi connectivity index (χ1n) is 8.12. The molecule has 1 aromatic carbocycles. The lowest BCUT2D eigenvalue weighted by Crippen LogP contribution is -2.40. The monoisotopic (exact) mass is 371 g/mol. The summed E-state index contributed by atoms with van der Waals surface area (Å²) in [4.78, 5) is 4.67. The van der Waals surface area contributed by atoms with Crippen molar-refractivity contribution < 1.29 is 8.42 Å². The molecule has 0 fully saturated rings. The van der Waals surface area contributed by atoms with Gasteiger partial charge in [0.25, 0.3) is 0 Å². The summed E-state index contributed by atoms with van der Waals surface area (Å²) in [5.41, 5.74) is 1.60. The summed E-state index contributed by atoms with van der Waals surface area (Å²) in [6, 6.07) is 8.81. The van der Waals surface area contributed by atoms with E-state index in [0.717, 1.165) is 5.56 Å². The van der Waals surface area contributed by atoms with Crippen LogP contribution in [0, 0.1) is 6.92 Å². The van der Waals surface area contributed by atoms with E-state index in [0.29, 0.717) is 16.9 Å². The Morgan fingerprint density at radius 1 is 1.04 bits per heavy atom. The summed E-state index contributed by atoms with van der Waals surface area (Å²) in [5, 5.41) is 7.64. The van der Waals surface area contributed by atoms with Gasteiger partial charge >= 0.3 is 0 Å². The van der Waals surface area contributed by atoms with Gasteiger partial charge in [-0.3, -0.25) is 4.57 Å². The van der Waals surface area contributed by atoms with Gasteiger partial charge in [-0.1, -0.05) is 18.2 Å². The molecule has 0 radical (unpaired) electrons. The highest BCUT2D eigenvalue weighted by Crippen LogP contribution is 2.32. The maximum absolute atomic E-state index is 13.0. The highest BCUT2D eigenvalue weighted by Gasteiger charge is 2.26. The number of sulfonamides is 1. The van der Waals surface area contributed by atoms with Crippen molar-refractivity contribution in [3.05, 3.63) is 54.7 Å². The third-order valence-electron chi connectivity index (χ3n) is 3.57. The predicted molar refractivity (Wildman–Crippen MR) is 99.4 cm³/mol. The smallest absolute Gasteiger partial charge is 0.241 e. The maximum Gasteiger partial charge on any atom is 0.241 e. The van der Waals surface area contributed by atoms with Crippen molar-refractivity contribution in [3.8, 4) is 16.9 Å². The topological polar surface area (TPSA) is 89.8 Å². The average Bonchev–Trinajstić information content (AvgIpc) is 3.07. The van der Waals surface area contributed by atoms with Gasteiger partial charge in [-0.05, 0) is 45.4 Å². The summed E-state index contributed by atoms with van der Waals surface area (Å²) in [5.74, 6) is 0.569. The second-order valence-electron chi connectivity index (χ2n) is 7.10. The molecule has 0 saturated heterocycles. The number of benzene rings is 1. The van der Waals surface area contributed by atoms with Gasteiger partial charge in [0, 0.05) is 22.9 Å². The Hall–Kier alpha value is -2.58. The second-order valence-corrected chi connectivity index (χ2v) is 8.76. The van der Waals surface area contributed by atoms with Gasteiger partial charge in [0.1, 0.15) is 18.5 Å². The number of aromatic nitrogens is 4. The van der Waals surface area contributed by atoms with Crippen molar-refractivity contribution in [2.75, 3.05) is 0 Å². The number of nitrogens with zero attached hydrogens (tertiary/aromatic N) is 4. The van der Waals surface area contributed by atoms with E-state index in [1.807, 2.05) is 39.8 Å². The number of rotatable bonds is 4. The Bertz CT molecular complexity index is 1020. The Morgan fingerprint density at radius 3 is 2.35 bits per heavy atom. The van der Waals surface area contributed by atoms with Crippen molar-refractivity contribution in [1.82, 2.24) is 24.5 Å². The van der Waals surface area contributed by atoms with Crippen LogP contribution in [-0.4, -0.2) is 33.7 Å². The number of hydrogen-bond acceptors (Lipinski definition) is 5. The fourth-order valence-electron chi connectivity index (χ4n) is 2.66. The summed E-state index contributed by atoms with van der Waals surface area (Å²) >= 11 is 0. The number of nitrogens with one attached hydrogen (secondary N) is 1. The Labute approximate surface area is 153 Å². The van der Waals surface area contributed by atoms with Crippen LogP contribution in [0.15, 0.2) is 54.1 Å². The molecule has 7 nitrogen and oxygen atoms in total. The quantitative estimate of drug-likeness (QED) is 0.761. The lowest BCUT2D eigenvalue weighted by atomic mass is 10.0. The van der Waals surface area contributed by atoms with Crippen molar-refractivity contribution in [2.24, 2.45) is 0 Å².